The van der Waals surface area contributed by atoms with Crippen molar-refractivity contribution >= 4 is 27.4 Å². The molecule has 1 heterocycles. The summed E-state index contributed by atoms with van der Waals surface area (Å²) in [5.74, 6) is 0.707. The van der Waals surface area contributed by atoms with E-state index in [4.69, 9.17) is 16.7 Å². The Bertz CT molecular complexity index is 687. The topological polar surface area (TPSA) is 85.1 Å². The Labute approximate surface area is 122 Å². The molecule has 0 saturated heterocycles. The van der Waals surface area contributed by atoms with Gasteiger partial charge >= 0.3 is 0 Å². The van der Waals surface area contributed by atoms with E-state index in [-0.39, 0.29) is 4.90 Å². The molecule has 0 aliphatic carbocycles. The van der Waals surface area contributed by atoms with Crippen LogP contribution in [0.1, 0.15) is 5.56 Å². The van der Waals surface area contributed by atoms with Crippen molar-refractivity contribution in [2.45, 2.75) is 11.3 Å². The minimum Gasteiger partial charge on any atom is -0.370 e. The number of nitrogens with zero attached hydrogens (tertiary/aromatic N) is 1. The number of sulfonamides is 1. The molecular weight excluding hydrogens is 298 g/mol. The number of hydrogen-bond donors (Lipinski definition) is 2. The molecule has 0 aliphatic rings. The molecule has 0 unspecified atom stereocenters. The molecule has 0 spiro atoms. The first kappa shape index (κ1) is 14.8. The summed E-state index contributed by atoms with van der Waals surface area (Å²) in [5, 5.41) is 8.61. The molecule has 0 radical (unpaired) electrons. The van der Waals surface area contributed by atoms with Crippen LogP contribution in [-0.4, -0.2) is 19.9 Å². The van der Waals surface area contributed by atoms with Crippen LogP contribution in [0.25, 0.3) is 0 Å². The largest absolute Gasteiger partial charge is 0.370 e. The lowest BCUT2D eigenvalue weighted by molar-refractivity contribution is 0.598. The second-order valence-electron chi connectivity index (χ2n) is 4.21. The van der Waals surface area contributed by atoms with E-state index < -0.39 is 10.0 Å². The fourth-order valence-electron chi connectivity index (χ4n) is 1.69. The summed E-state index contributed by atoms with van der Waals surface area (Å²) in [6, 6.07) is 11.8. The number of rotatable bonds is 5. The summed E-state index contributed by atoms with van der Waals surface area (Å²) in [6.45, 7) is 0.669. The first-order valence-electron chi connectivity index (χ1n) is 5.93. The molecule has 5 nitrogen and oxygen atoms in total. The summed E-state index contributed by atoms with van der Waals surface area (Å²) >= 11 is 5.78. The first-order chi connectivity index (χ1) is 9.45. The second kappa shape index (κ2) is 6.21. The molecule has 20 heavy (non-hydrogen) atoms. The molecule has 0 saturated carbocycles. The van der Waals surface area contributed by atoms with Gasteiger partial charge in [-0.25, -0.2) is 18.5 Å². The van der Waals surface area contributed by atoms with Crippen molar-refractivity contribution in [3.8, 4) is 0 Å². The highest BCUT2D eigenvalue weighted by atomic mass is 35.5. The molecule has 0 aliphatic heterocycles. The standard InChI is InChI=1S/C13H14ClN3O2S/c14-12-2-1-3-13(17-12)16-9-8-10-4-6-11(7-5-10)20(15,18)19/h1-7H,8-9H2,(H,16,17)(H2,15,18,19). The second-order valence-corrected chi connectivity index (χ2v) is 6.16. The van der Waals surface area contributed by atoms with Crippen molar-refractivity contribution in [2.75, 3.05) is 11.9 Å². The molecule has 0 fully saturated rings. The van der Waals surface area contributed by atoms with Crippen LogP contribution < -0.4 is 10.5 Å². The maximum atomic E-state index is 11.1. The number of halogens is 1. The van der Waals surface area contributed by atoms with Crippen molar-refractivity contribution in [3.05, 3.63) is 53.2 Å². The van der Waals surface area contributed by atoms with Gasteiger partial charge in [0.15, 0.2) is 0 Å². The molecule has 0 amide bonds. The molecule has 2 rings (SSSR count). The highest BCUT2D eigenvalue weighted by Gasteiger charge is 2.06. The van der Waals surface area contributed by atoms with E-state index in [1.54, 1.807) is 18.2 Å². The normalized spacial score (nSPS) is 11.3. The van der Waals surface area contributed by atoms with Crippen LogP contribution in [-0.2, 0) is 16.4 Å². The molecule has 1 aromatic carbocycles. The monoisotopic (exact) mass is 311 g/mol. The van der Waals surface area contributed by atoms with Gasteiger partial charge in [0.1, 0.15) is 11.0 Å². The molecule has 1 aromatic heterocycles. The van der Waals surface area contributed by atoms with Crippen LogP contribution >= 0.6 is 11.6 Å². The fourth-order valence-corrected chi connectivity index (χ4v) is 2.37. The average Bonchev–Trinajstić information content (AvgIpc) is 2.38. The van der Waals surface area contributed by atoms with Gasteiger partial charge in [-0.15, -0.1) is 0 Å². The summed E-state index contributed by atoms with van der Waals surface area (Å²) in [7, 11) is -3.63. The van der Waals surface area contributed by atoms with Crippen molar-refractivity contribution in [1.29, 1.82) is 0 Å². The molecule has 3 N–H and O–H groups in total. The summed E-state index contributed by atoms with van der Waals surface area (Å²) in [6.07, 6.45) is 0.735. The van der Waals surface area contributed by atoms with E-state index in [1.165, 1.54) is 12.1 Å². The van der Waals surface area contributed by atoms with Crippen LogP contribution in [0.2, 0.25) is 5.15 Å². The van der Waals surface area contributed by atoms with Crippen LogP contribution in [0.5, 0.6) is 0 Å². The zero-order valence-electron chi connectivity index (χ0n) is 10.6. The lowest BCUT2D eigenvalue weighted by atomic mass is 10.1. The molecule has 0 atom stereocenters. The van der Waals surface area contributed by atoms with E-state index in [2.05, 4.69) is 10.3 Å². The highest BCUT2D eigenvalue weighted by Crippen LogP contribution is 2.11. The van der Waals surface area contributed by atoms with Crippen molar-refractivity contribution < 1.29 is 8.42 Å². The molecule has 7 heteroatoms. The highest BCUT2D eigenvalue weighted by molar-refractivity contribution is 7.89. The van der Waals surface area contributed by atoms with Crippen LogP contribution in [0.3, 0.4) is 0 Å². The molecule has 2 aromatic rings. The van der Waals surface area contributed by atoms with E-state index >= 15 is 0 Å². The zero-order chi connectivity index (χ0) is 14.6. The zero-order valence-corrected chi connectivity index (χ0v) is 12.2. The third-order valence-corrected chi connectivity index (χ3v) is 3.83. The number of nitrogens with two attached hydrogens (primary N) is 1. The van der Waals surface area contributed by atoms with Gasteiger partial charge in [0.2, 0.25) is 10.0 Å². The third-order valence-electron chi connectivity index (χ3n) is 2.69. The first-order valence-corrected chi connectivity index (χ1v) is 7.86. The Hall–Kier alpha value is -1.63. The SMILES string of the molecule is NS(=O)(=O)c1ccc(CCNc2cccc(Cl)n2)cc1. The predicted octanol–water partition coefficient (Wildman–Crippen LogP) is 2.04. The molecule has 106 valence electrons. The van der Waals surface area contributed by atoms with Crippen LogP contribution in [0, 0.1) is 0 Å². The predicted molar refractivity (Wildman–Crippen MR) is 79.3 cm³/mol. The number of pyridine rings is 1. The van der Waals surface area contributed by atoms with Gasteiger partial charge in [-0.1, -0.05) is 29.8 Å². The number of benzene rings is 1. The number of anilines is 1. The lowest BCUT2D eigenvalue weighted by Gasteiger charge is -2.06. The van der Waals surface area contributed by atoms with Gasteiger partial charge in [-0.05, 0) is 36.2 Å². The van der Waals surface area contributed by atoms with Crippen molar-refractivity contribution in [2.24, 2.45) is 5.14 Å². The summed E-state index contributed by atoms with van der Waals surface area (Å²) in [5.41, 5.74) is 1.01. The smallest absolute Gasteiger partial charge is 0.238 e. The Kier molecular flexibility index (Phi) is 4.59. The Balaban J connectivity index is 1.92. The van der Waals surface area contributed by atoms with Gasteiger partial charge in [0.25, 0.3) is 0 Å². The maximum absolute atomic E-state index is 11.1. The lowest BCUT2D eigenvalue weighted by Crippen LogP contribution is -2.12. The van der Waals surface area contributed by atoms with E-state index in [9.17, 15) is 8.42 Å². The van der Waals surface area contributed by atoms with E-state index in [1.807, 2.05) is 12.1 Å². The van der Waals surface area contributed by atoms with E-state index in [0.717, 1.165) is 12.0 Å². The van der Waals surface area contributed by atoms with Gasteiger partial charge < -0.3 is 5.32 Å². The van der Waals surface area contributed by atoms with Gasteiger partial charge in [-0.2, -0.15) is 0 Å². The summed E-state index contributed by atoms with van der Waals surface area (Å²) < 4.78 is 22.2. The summed E-state index contributed by atoms with van der Waals surface area (Å²) in [4.78, 5) is 4.23. The molecule has 0 bridgehead atoms. The van der Waals surface area contributed by atoms with Gasteiger partial charge in [-0.3, -0.25) is 0 Å². The minimum atomic E-state index is -3.63. The average molecular weight is 312 g/mol. The van der Waals surface area contributed by atoms with Crippen molar-refractivity contribution in [3.63, 3.8) is 0 Å². The fraction of sp³-hybridized carbons (Fsp3) is 0.154. The molecular formula is C13H14ClN3O2S. The van der Waals surface area contributed by atoms with Crippen molar-refractivity contribution in [1.82, 2.24) is 4.98 Å². The Morgan fingerprint density at radius 1 is 1.15 bits per heavy atom. The van der Waals surface area contributed by atoms with E-state index in [0.29, 0.717) is 17.5 Å². The number of hydrogen-bond acceptors (Lipinski definition) is 4. The maximum Gasteiger partial charge on any atom is 0.238 e. The number of aromatic nitrogens is 1. The number of primary sulfonamides is 1. The van der Waals surface area contributed by atoms with Gasteiger partial charge in [0.05, 0.1) is 4.90 Å². The Morgan fingerprint density at radius 2 is 1.85 bits per heavy atom. The minimum absolute atomic E-state index is 0.116. The Morgan fingerprint density at radius 3 is 2.45 bits per heavy atom. The number of nitrogens with one attached hydrogen (secondary N) is 1. The van der Waals surface area contributed by atoms with Gasteiger partial charge in [0, 0.05) is 6.54 Å². The third kappa shape index (κ3) is 4.19. The van der Waals surface area contributed by atoms with Crippen LogP contribution in [0.4, 0.5) is 5.82 Å². The quantitative estimate of drug-likeness (QED) is 0.827. The van der Waals surface area contributed by atoms with Crippen LogP contribution in [0.15, 0.2) is 47.4 Å².